The van der Waals surface area contributed by atoms with Crippen molar-refractivity contribution < 1.29 is 13.7 Å². The standard InChI is InChI=1S/C21H22FN3O2/c1-13-11-14(2)20(15(3)12-13)23-18(26)5-4-6-19-24-21(25-27-19)16-7-9-17(22)10-8-16/h7-12H,4-6H2,1-3H3,(H,23,26). The second-order valence-corrected chi connectivity index (χ2v) is 6.69. The average molecular weight is 367 g/mol. The lowest BCUT2D eigenvalue weighted by Gasteiger charge is -2.12. The van der Waals surface area contributed by atoms with Gasteiger partial charge in [-0.15, -0.1) is 0 Å². The number of anilines is 1. The van der Waals surface area contributed by atoms with Crippen LogP contribution in [-0.2, 0) is 11.2 Å². The molecule has 0 aliphatic rings. The fraction of sp³-hybridized carbons (Fsp3) is 0.286. The molecule has 1 amide bonds. The van der Waals surface area contributed by atoms with Crippen molar-refractivity contribution in [1.82, 2.24) is 10.1 Å². The van der Waals surface area contributed by atoms with E-state index in [1.54, 1.807) is 12.1 Å². The van der Waals surface area contributed by atoms with Crippen LogP contribution in [-0.4, -0.2) is 16.0 Å². The molecule has 0 spiro atoms. The zero-order valence-electron chi connectivity index (χ0n) is 15.7. The van der Waals surface area contributed by atoms with E-state index >= 15 is 0 Å². The Hall–Kier alpha value is -3.02. The fourth-order valence-corrected chi connectivity index (χ4v) is 3.05. The van der Waals surface area contributed by atoms with Crippen LogP contribution in [0.4, 0.5) is 10.1 Å². The highest BCUT2D eigenvalue weighted by atomic mass is 19.1. The van der Waals surface area contributed by atoms with E-state index in [9.17, 15) is 9.18 Å². The van der Waals surface area contributed by atoms with Gasteiger partial charge in [0.15, 0.2) is 0 Å². The topological polar surface area (TPSA) is 68.0 Å². The van der Waals surface area contributed by atoms with Crippen molar-refractivity contribution in [2.45, 2.75) is 40.0 Å². The van der Waals surface area contributed by atoms with E-state index in [0.717, 1.165) is 16.8 Å². The number of halogens is 1. The highest BCUT2D eigenvalue weighted by Gasteiger charge is 2.11. The molecule has 1 N–H and O–H groups in total. The minimum Gasteiger partial charge on any atom is -0.339 e. The highest BCUT2D eigenvalue weighted by Crippen LogP contribution is 2.22. The normalized spacial score (nSPS) is 10.8. The molecule has 0 unspecified atom stereocenters. The average Bonchev–Trinajstić information content (AvgIpc) is 3.07. The number of carbonyl (C=O) groups is 1. The smallest absolute Gasteiger partial charge is 0.226 e. The molecule has 0 fully saturated rings. The molecule has 0 atom stereocenters. The van der Waals surface area contributed by atoms with Gasteiger partial charge in [-0.05, 0) is 62.6 Å². The van der Waals surface area contributed by atoms with Crippen molar-refractivity contribution >= 4 is 11.6 Å². The van der Waals surface area contributed by atoms with E-state index in [0.29, 0.717) is 36.5 Å². The van der Waals surface area contributed by atoms with Crippen molar-refractivity contribution in [1.29, 1.82) is 0 Å². The molecular weight excluding hydrogens is 345 g/mol. The Bertz CT molecular complexity index is 925. The van der Waals surface area contributed by atoms with Crippen LogP contribution in [0.5, 0.6) is 0 Å². The lowest BCUT2D eigenvalue weighted by molar-refractivity contribution is -0.116. The van der Waals surface area contributed by atoms with E-state index < -0.39 is 0 Å². The second-order valence-electron chi connectivity index (χ2n) is 6.69. The molecule has 0 aliphatic heterocycles. The molecule has 3 aromatic rings. The third-order valence-corrected chi connectivity index (χ3v) is 4.31. The van der Waals surface area contributed by atoms with Crippen molar-refractivity contribution in [3.05, 3.63) is 64.8 Å². The van der Waals surface area contributed by atoms with Gasteiger partial charge in [0.05, 0.1) is 0 Å². The quantitative estimate of drug-likeness (QED) is 0.682. The number of nitrogens with one attached hydrogen (secondary N) is 1. The molecule has 140 valence electrons. The minimum atomic E-state index is -0.312. The molecule has 1 aromatic heterocycles. The van der Waals surface area contributed by atoms with Crippen LogP contribution in [0.3, 0.4) is 0 Å². The monoisotopic (exact) mass is 367 g/mol. The van der Waals surface area contributed by atoms with Crippen molar-refractivity contribution in [3.63, 3.8) is 0 Å². The van der Waals surface area contributed by atoms with E-state index in [-0.39, 0.29) is 11.7 Å². The lowest BCUT2D eigenvalue weighted by atomic mass is 10.0. The summed E-state index contributed by atoms with van der Waals surface area (Å²) in [6, 6.07) is 10.0. The van der Waals surface area contributed by atoms with E-state index in [1.807, 2.05) is 20.8 Å². The fourth-order valence-electron chi connectivity index (χ4n) is 3.05. The third-order valence-electron chi connectivity index (χ3n) is 4.31. The Morgan fingerprint density at radius 1 is 1.11 bits per heavy atom. The minimum absolute atomic E-state index is 0.0386. The zero-order chi connectivity index (χ0) is 19.4. The lowest BCUT2D eigenvalue weighted by Crippen LogP contribution is -2.13. The number of benzene rings is 2. The van der Waals surface area contributed by atoms with Gasteiger partial charge in [-0.2, -0.15) is 4.98 Å². The predicted molar refractivity (Wildman–Crippen MR) is 102 cm³/mol. The first-order chi connectivity index (χ1) is 12.9. The van der Waals surface area contributed by atoms with Crippen LogP contribution in [0.25, 0.3) is 11.4 Å². The molecule has 0 saturated heterocycles. The Morgan fingerprint density at radius 3 is 2.44 bits per heavy atom. The second kappa shape index (κ2) is 8.12. The molecule has 0 saturated carbocycles. The van der Waals surface area contributed by atoms with Crippen LogP contribution in [0.1, 0.15) is 35.4 Å². The number of hydrogen-bond donors (Lipinski definition) is 1. The number of rotatable bonds is 6. The predicted octanol–water partition coefficient (Wildman–Crippen LogP) is 4.76. The van der Waals surface area contributed by atoms with Crippen molar-refractivity contribution in [2.75, 3.05) is 5.32 Å². The van der Waals surface area contributed by atoms with Gasteiger partial charge in [0.2, 0.25) is 17.6 Å². The maximum absolute atomic E-state index is 13.0. The Morgan fingerprint density at radius 2 is 1.78 bits per heavy atom. The van der Waals surface area contributed by atoms with Gasteiger partial charge >= 0.3 is 0 Å². The number of hydrogen-bond acceptors (Lipinski definition) is 4. The van der Waals surface area contributed by atoms with Crippen molar-refractivity contribution in [2.24, 2.45) is 0 Å². The zero-order valence-corrected chi connectivity index (χ0v) is 15.7. The SMILES string of the molecule is Cc1cc(C)c(NC(=O)CCCc2nc(-c3ccc(F)cc3)no2)c(C)c1. The Labute approximate surface area is 157 Å². The van der Waals surface area contributed by atoms with Crippen LogP contribution >= 0.6 is 0 Å². The number of nitrogens with zero attached hydrogens (tertiary/aromatic N) is 2. The van der Waals surface area contributed by atoms with E-state index in [4.69, 9.17) is 4.52 Å². The van der Waals surface area contributed by atoms with Gasteiger partial charge in [0.1, 0.15) is 5.82 Å². The largest absolute Gasteiger partial charge is 0.339 e. The summed E-state index contributed by atoms with van der Waals surface area (Å²) < 4.78 is 18.2. The summed E-state index contributed by atoms with van der Waals surface area (Å²) in [6.45, 7) is 6.02. The molecule has 27 heavy (non-hydrogen) atoms. The van der Waals surface area contributed by atoms with Gasteiger partial charge in [0.25, 0.3) is 0 Å². The first-order valence-corrected chi connectivity index (χ1v) is 8.88. The number of carbonyl (C=O) groups excluding carboxylic acids is 1. The number of aryl methyl sites for hydroxylation is 4. The molecule has 1 heterocycles. The van der Waals surface area contributed by atoms with Gasteiger partial charge in [-0.3, -0.25) is 4.79 Å². The first kappa shape index (κ1) is 18.8. The number of aromatic nitrogens is 2. The Balaban J connectivity index is 1.53. The third kappa shape index (κ3) is 4.78. The van der Waals surface area contributed by atoms with Crippen LogP contribution in [0.2, 0.25) is 0 Å². The molecule has 5 nitrogen and oxygen atoms in total. The summed E-state index contributed by atoms with van der Waals surface area (Å²) in [5, 5.41) is 6.89. The molecule has 6 heteroatoms. The summed E-state index contributed by atoms with van der Waals surface area (Å²) in [7, 11) is 0. The van der Waals surface area contributed by atoms with Crippen LogP contribution < -0.4 is 5.32 Å². The van der Waals surface area contributed by atoms with Gasteiger partial charge in [0, 0.05) is 24.1 Å². The maximum atomic E-state index is 13.0. The molecule has 0 radical (unpaired) electrons. The molecule has 0 bridgehead atoms. The summed E-state index contributed by atoms with van der Waals surface area (Å²) in [4.78, 5) is 16.5. The summed E-state index contributed by atoms with van der Waals surface area (Å²) >= 11 is 0. The number of amides is 1. The highest BCUT2D eigenvalue weighted by molar-refractivity contribution is 5.92. The van der Waals surface area contributed by atoms with Crippen LogP contribution in [0.15, 0.2) is 40.9 Å². The van der Waals surface area contributed by atoms with Gasteiger partial charge < -0.3 is 9.84 Å². The first-order valence-electron chi connectivity index (χ1n) is 8.88. The van der Waals surface area contributed by atoms with Crippen LogP contribution in [0, 0.1) is 26.6 Å². The van der Waals surface area contributed by atoms with E-state index in [2.05, 4.69) is 27.6 Å². The molecular formula is C21H22FN3O2. The molecule has 3 rings (SSSR count). The molecule has 2 aromatic carbocycles. The summed E-state index contributed by atoms with van der Waals surface area (Å²) in [5.74, 6) is 0.529. The summed E-state index contributed by atoms with van der Waals surface area (Å²) in [6.07, 6.45) is 1.47. The van der Waals surface area contributed by atoms with Gasteiger partial charge in [-0.1, -0.05) is 22.9 Å². The van der Waals surface area contributed by atoms with Gasteiger partial charge in [-0.25, -0.2) is 4.39 Å². The maximum Gasteiger partial charge on any atom is 0.226 e. The molecule has 0 aliphatic carbocycles. The summed E-state index contributed by atoms with van der Waals surface area (Å²) in [5.41, 5.74) is 4.86. The van der Waals surface area contributed by atoms with E-state index in [1.165, 1.54) is 17.7 Å². The Kier molecular flexibility index (Phi) is 5.64. The van der Waals surface area contributed by atoms with Crippen molar-refractivity contribution in [3.8, 4) is 11.4 Å².